The van der Waals surface area contributed by atoms with E-state index in [0.29, 0.717) is 38.1 Å². The lowest BCUT2D eigenvalue weighted by Crippen LogP contribution is -2.60. The molecule has 53 heavy (non-hydrogen) atoms. The molecule has 2 heterocycles. The molecule has 0 bridgehead atoms. The van der Waals surface area contributed by atoms with Crippen molar-refractivity contribution in [3.63, 3.8) is 0 Å². The van der Waals surface area contributed by atoms with Gasteiger partial charge in [0.05, 0.1) is 12.1 Å². The Morgan fingerprint density at radius 1 is 0.887 bits per heavy atom. The minimum atomic E-state index is -1.05. The predicted octanol–water partition coefficient (Wildman–Crippen LogP) is 2.55. The van der Waals surface area contributed by atoms with E-state index in [0.717, 1.165) is 24.8 Å². The number of H-pyrrole nitrogens is 1. The number of benzene rings is 1. The van der Waals surface area contributed by atoms with Crippen molar-refractivity contribution in [2.75, 3.05) is 6.54 Å². The van der Waals surface area contributed by atoms with E-state index < -0.39 is 53.7 Å². The molecular formula is C38H57N9O6. The maximum absolute atomic E-state index is 14.4. The molecule has 0 radical (unpaired) electrons. The Morgan fingerprint density at radius 2 is 1.60 bits per heavy atom. The van der Waals surface area contributed by atoms with E-state index in [-0.39, 0.29) is 48.3 Å². The maximum atomic E-state index is 14.4. The Morgan fingerprint density at radius 3 is 2.25 bits per heavy atom. The second kappa shape index (κ2) is 19.4. The number of carbonyl (C=O) groups excluding carboxylic acids is 6. The van der Waals surface area contributed by atoms with Crippen LogP contribution in [0.3, 0.4) is 0 Å². The van der Waals surface area contributed by atoms with Crippen LogP contribution in [-0.4, -0.2) is 91.6 Å². The summed E-state index contributed by atoms with van der Waals surface area (Å²) in [5.74, 6) is -3.05. The second-order valence-corrected chi connectivity index (χ2v) is 15.2. The van der Waals surface area contributed by atoms with Crippen molar-refractivity contribution in [1.29, 1.82) is 0 Å². The van der Waals surface area contributed by atoms with Gasteiger partial charge in [-0.05, 0) is 78.7 Å². The lowest BCUT2D eigenvalue weighted by Gasteiger charge is -2.34. The topological polar surface area (TPSA) is 208 Å². The van der Waals surface area contributed by atoms with Crippen molar-refractivity contribution in [2.45, 2.75) is 130 Å². The monoisotopic (exact) mass is 735 g/mol. The standard InChI is InChI=1S/C38H57N9O6/c1-7-14-28(34(49)37(52)39-24(6)25-15-9-8-10-16-25)40-36(51)33-27-18-13-17-26(27)21-47(33)38(53)32(23(4)5)42-35(50)31(22(2)3)41-30(48)20-12-11-19-29-43-45-46-44-29/h8-10,15-16,22-24,26-28,31-33H,7,11-14,17-21H2,1-6H3,(H,39,52)(H,40,51)(H,41,48)(H,42,50)(H,43,44,45,46)/t24-,26+,27+,28?,31-,32+,33+/m1/s1. The minimum absolute atomic E-state index is 0.102. The molecule has 2 aromatic rings. The van der Waals surface area contributed by atoms with E-state index in [9.17, 15) is 28.8 Å². The highest BCUT2D eigenvalue weighted by Crippen LogP contribution is 2.42. The van der Waals surface area contributed by atoms with Crippen LogP contribution in [0, 0.1) is 23.7 Å². The molecule has 7 atom stereocenters. The molecule has 290 valence electrons. The van der Waals surface area contributed by atoms with E-state index in [2.05, 4.69) is 41.9 Å². The number of aryl methyl sites for hydroxylation is 1. The number of rotatable bonds is 19. The molecule has 1 saturated heterocycles. The average molecular weight is 736 g/mol. The zero-order valence-electron chi connectivity index (χ0n) is 31.9. The number of fused-ring (bicyclic) bond motifs is 1. The molecule has 1 aliphatic carbocycles. The summed E-state index contributed by atoms with van der Waals surface area (Å²) in [6.07, 6.45) is 5.44. The van der Waals surface area contributed by atoms with Gasteiger partial charge in [-0.15, -0.1) is 5.10 Å². The number of amides is 5. The van der Waals surface area contributed by atoms with Gasteiger partial charge in [-0.3, -0.25) is 28.8 Å². The van der Waals surface area contributed by atoms with Gasteiger partial charge >= 0.3 is 0 Å². The third kappa shape index (κ3) is 10.9. The van der Waals surface area contributed by atoms with Crippen LogP contribution in [0.2, 0.25) is 0 Å². The van der Waals surface area contributed by atoms with Crippen molar-refractivity contribution < 1.29 is 28.8 Å². The molecule has 1 aliphatic heterocycles. The predicted molar refractivity (Wildman–Crippen MR) is 196 cm³/mol. The van der Waals surface area contributed by atoms with Crippen molar-refractivity contribution in [3.05, 3.63) is 41.7 Å². The highest BCUT2D eigenvalue weighted by Gasteiger charge is 2.51. The first kappa shape index (κ1) is 41.1. The molecule has 1 saturated carbocycles. The third-order valence-corrected chi connectivity index (χ3v) is 10.5. The van der Waals surface area contributed by atoms with E-state index in [1.165, 1.54) is 0 Å². The summed E-state index contributed by atoms with van der Waals surface area (Å²) in [7, 11) is 0. The summed E-state index contributed by atoms with van der Waals surface area (Å²) in [6.45, 7) is 11.3. The number of hydrogen-bond acceptors (Lipinski definition) is 9. The molecule has 2 fully saturated rings. The zero-order valence-corrected chi connectivity index (χ0v) is 31.9. The first-order chi connectivity index (χ1) is 25.3. The van der Waals surface area contributed by atoms with E-state index in [1.54, 1.807) is 11.8 Å². The molecule has 2 aliphatic rings. The van der Waals surface area contributed by atoms with Crippen LogP contribution >= 0.6 is 0 Å². The number of aromatic amines is 1. The maximum Gasteiger partial charge on any atom is 0.290 e. The number of likely N-dealkylation sites (tertiary alicyclic amines) is 1. The Bertz CT molecular complexity index is 1550. The molecule has 5 N–H and O–H groups in total. The van der Waals surface area contributed by atoms with Gasteiger partial charge in [0, 0.05) is 19.4 Å². The number of Topliss-reactive ketones (excluding diaryl/α,β-unsaturated/α-hetero) is 1. The normalized spacial score (nSPS) is 20.3. The smallest absolute Gasteiger partial charge is 0.290 e. The van der Waals surface area contributed by atoms with Crippen LogP contribution in [0.5, 0.6) is 0 Å². The number of aromatic nitrogens is 4. The quantitative estimate of drug-likeness (QED) is 0.106. The van der Waals surface area contributed by atoms with Crippen LogP contribution in [0.4, 0.5) is 0 Å². The Balaban J connectivity index is 1.42. The number of tetrazole rings is 1. The fourth-order valence-electron chi connectivity index (χ4n) is 7.51. The van der Waals surface area contributed by atoms with E-state index in [4.69, 9.17) is 0 Å². The fraction of sp³-hybridized carbons (Fsp3) is 0.658. The van der Waals surface area contributed by atoms with Gasteiger partial charge in [-0.1, -0.05) is 77.8 Å². The van der Waals surface area contributed by atoms with Crippen LogP contribution < -0.4 is 21.3 Å². The number of hydrogen-bond donors (Lipinski definition) is 5. The number of carbonyl (C=O) groups is 6. The van der Waals surface area contributed by atoms with Gasteiger partial charge in [-0.25, -0.2) is 5.10 Å². The SMILES string of the molecule is CCCC(NC(=O)[C@@H]1[C@H]2CCC[C@H]2CN1C(=O)[C@@H](NC(=O)[C@H](NC(=O)CCCCc1nnn[nH]1)C(C)C)C(C)C)C(=O)C(=O)N[C@H](C)c1ccccc1. The highest BCUT2D eigenvalue weighted by atomic mass is 16.2. The molecular weight excluding hydrogens is 678 g/mol. The number of nitrogens with one attached hydrogen (secondary N) is 5. The summed E-state index contributed by atoms with van der Waals surface area (Å²) < 4.78 is 0. The molecule has 15 nitrogen and oxygen atoms in total. The second-order valence-electron chi connectivity index (χ2n) is 15.2. The van der Waals surface area contributed by atoms with Gasteiger partial charge in [0.25, 0.3) is 5.91 Å². The molecule has 1 aromatic heterocycles. The van der Waals surface area contributed by atoms with Gasteiger partial charge < -0.3 is 26.2 Å². The molecule has 1 unspecified atom stereocenters. The van der Waals surface area contributed by atoms with Crippen molar-refractivity contribution in [3.8, 4) is 0 Å². The summed E-state index contributed by atoms with van der Waals surface area (Å²) >= 11 is 0. The van der Waals surface area contributed by atoms with Crippen molar-refractivity contribution >= 4 is 35.3 Å². The summed E-state index contributed by atoms with van der Waals surface area (Å²) in [5.41, 5.74) is 0.847. The van der Waals surface area contributed by atoms with Gasteiger partial charge in [0.1, 0.15) is 23.9 Å². The molecule has 0 spiro atoms. The number of ketones is 1. The van der Waals surface area contributed by atoms with Crippen LogP contribution in [0.1, 0.15) is 110 Å². The van der Waals surface area contributed by atoms with Gasteiger partial charge in [0.15, 0.2) is 0 Å². The van der Waals surface area contributed by atoms with Crippen LogP contribution in [0.25, 0.3) is 0 Å². The van der Waals surface area contributed by atoms with Gasteiger partial charge in [-0.2, -0.15) is 0 Å². The minimum Gasteiger partial charge on any atom is -0.344 e. The number of unbranched alkanes of at least 4 members (excludes halogenated alkanes) is 1. The lowest BCUT2D eigenvalue weighted by molar-refractivity contribution is -0.145. The third-order valence-electron chi connectivity index (χ3n) is 10.5. The molecule has 15 heteroatoms. The molecule has 1 aromatic carbocycles. The van der Waals surface area contributed by atoms with Crippen molar-refractivity contribution in [1.82, 2.24) is 46.8 Å². The molecule has 4 rings (SSSR count). The Labute approximate surface area is 311 Å². The summed E-state index contributed by atoms with van der Waals surface area (Å²) in [4.78, 5) is 83.1. The highest BCUT2D eigenvalue weighted by molar-refractivity contribution is 6.38. The van der Waals surface area contributed by atoms with Crippen molar-refractivity contribution in [2.24, 2.45) is 23.7 Å². The largest absolute Gasteiger partial charge is 0.344 e. The first-order valence-corrected chi connectivity index (χ1v) is 19.1. The van der Waals surface area contributed by atoms with Crippen LogP contribution in [0.15, 0.2) is 30.3 Å². The number of nitrogens with zero attached hydrogens (tertiary/aromatic N) is 4. The summed E-state index contributed by atoms with van der Waals surface area (Å²) in [5, 5.41) is 25.0. The Kier molecular flexibility index (Phi) is 15.0. The first-order valence-electron chi connectivity index (χ1n) is 19.1. The Hall–Kier alpha value is -4.69. The zero-order chi connectivity index (χ0) is 38.7. The average Bonchev–Trinajstić information content (AvgIpc) is 3.89. The fourth-order valence-corrected chi connectivity index (χ4v) is 7.51. The summed E-state index contributed by atoms with van der Waals surface area (Å²) in [6, 6.07) is 5.16. The van der Waals surface area contributed by atoms with Crippen LogP contribution in [-0.2, 0) is 35.2 Å². The molecule has 5 amide bonds. The van der Waals surface area contributed by atoms with E-state index in [1.807, 2.05) is 65.0 Å². The lowest BCUT2D eigenvalue weighted by atomic mass is 9.92. The van der Waals surface area contributed by atoms with Gasteiger partial charge in [0.2, 0.25) is 29.4 Å². The van der Waals surface area contributed by atoms with E-state index >= 15 is 0 Å².